The van der Waals surface area contributed by atoms with Gasteiger partial charge < -0.3 is 10.6 Å². The second-order valence-corrected chi connectivity index (χ2v) is 8.37. The number of carbonyl (C=O) groups excluding carboxylic acids is 1. The first-order chi connectivity index (χ1) is 12.1. The fourth-order valence-electron chi connectivity index (χ4n) is 2.37. The fourth-order valence-corrected chi connectivity index (χ4v) is 3.94. The summed E-state index contributed by atoms with van der Waals surface area (Å²) in [5, 5.41) is 6.33. The Kier molecular flexibility index (Phi) is 6.52. The highest BCUT2D eigenvalue weighted by Crippen LogP contribution is 2.26. The van der Waals surface area contributed by atoms with Crippen LogP contribution in [0.1, 0.15) is 24.1 Å². The number of aryl methyl sites for hydroxylation is 1. The Morgan fingerprint density at radius 3 is 2.42 bits per heavy atom. The maximum atomic E-state index is 12.2. The average molecular weight is 416 g/mol. The van der Waals surface area contributed by atoms with Crippen LogP contribution >= 0.6 is 23.2 Å². The Bertz CT molecular complexity index is 933. The molecule has 26 heavy (non-hydrogen) atoms. The number of urea groups is 1. The molecule has 2 rings (SSSR count). The van der Waals surface area contributed by atoms with Crippen LogP contribution in [0.3, 0.4) is 0 Å². The molecule has 0 aliphatic rings. The molecule has 0 spiro atoms. The molecule has 1 unspecified atom stereocenters. The molecule has 0 aliphatic heterocycles. The number of hydrogen-bond acceptors (Lipinski definition) is 3. The molecule has 0 saturated heterocycles. The van der Waals surface area contributed by atoms with Crippen LogP contribution in [0.4, 0.5) is 10.5 Å². The summed E-state index contributed by atoms with van der Waals surface area (Å²) in [5.74, 6) is 0. The van der Waals surface area contributed by atoms with Crippen molar-refractivity contribution in [1.29, 1.82) is 0 Å². The molecular formula is C17H19Cl2N3O3S. The zero-order chi connectivity index (χ0) is 19.5. The quantitative estimate of drug-likeness (QED) is 0.686. The largest absolute Gasteiger partial charge is 0.331 e. The Labute approximate surface area is 162 Å². The van der Waals surface area contributed by atoms with E-state index < -0.39 is 16.1 Å². The predicted octanol–water partition coefficient (Wildman–Crippen LogP) is 4.09. The summed E-state index contributed by atoms with van der Waals surface area (Å²) < 4.78 is 26.3. The molecule has 1 atom stereocenters. The Morgan fingerprint density at radius 2 is 1.81 bits per heavy atom. The summed E-state index contributed by atoms with van der Waals surface area (Å²) in [7, 11) is -2.28. The van der Waals surface area contributed by atoms with Gasteiger partial charge in [-0.25, -0.2) is 17.9 Å². The third-order valence-corrected chi connectivity index (χ3v) is 5.90. The van der Waals surface area contributed by atoms with Crippen LogP contribution in [-0.4, -0.2) is 21.5 Å². The molecule has 0 heterocycles. The first-order valence-corrected chi connectivity index (χ1v) is 9.94. The molecule has 9 heteroatoms. The van der Waals surface area contributed by atoms with Crippen molar-refractivity contribution >= 4 is 44.9 Å². The van der Waals surface area contributed by atoms with Gasteiger partial charge in [-0.05, 0) is 56.3 Å². The Morgan fingerprint density at radius 1 is 1.12 bits per heavy atom. The highest BCUT2D eigenvalue weighted by Gasteiger charge is 2.17. The van der Waals surface area contributed by atoms with Crippen LogP contribution in [-0.2, 0) is 10.0 Å². The number of benzene rings is 2. The molecule has 0 fully saturated rings. The molecule has 140 valence electrons. The zero-order valence-corrected chi connectivity index (χ0v) is 16.8. The molecule has 0 radical (unpaired) electrons. The summed E-state index contributed by atoms with van der Waals surface area (Å²) >= 11 is 12.0. The molecule has 0 aliphatic carbocycles. The van der Waals surface area contributed by atoms with Gasteiger partial charge in [-0.1, -0.05) is 35.3 Å². The third kappa shape index (κ3) is 4.88. The SMILES string of the molecule is CNS(=O)(=O)c1cc(NC(=O)NC(C)c2ccc(Cl)cc2Cl)ccc1C. The van der Waals surface area contributed by atoms with Crippen LogP contribution in [0.5, 0.6) is 0 Å². The van der Waals surface area contributed by atoms with Crippen LogP contribution in [0.15, 0.2) is 41.3 Å². The first kappa shape index (κ1) is 20.5. The number of amides is 2. The lowest BCUT2D eigenvalue weighted by Gasteiger charge is -2.17. The molecule has 2 aromatic rings. The summed E-state index contributed by atoms with van der Waals surface area (Å²) in [6.45, 7) is 3.46. The number of hydrogen-bond donors (Lipinski definition) is 3. The van der Waals surface area contributed by atoms with Gasteiger partial charge in [0.25, 0.3) is 0 Å². The number of halogens is 2. The van der Waals surface area contributed by atoms with E-state index in [-0.39, 0.29) is 10.9 Å². The molecule has 6 nitrogen and oxygen atoms in total. The van der Waals surface area contributed by atoms with Crippen molar-refractivity contribution in [3.63, 3.8) is 0 Å². The van der Waals surface area contributed by atoms with Crippen LogP contribution in [0, 0.1) is 6.92 Å². The van der Waals surface area contributed by atoms with Gasteiger partial charge in [0, 0.05) is 15.7 Å². The van der Waals surface area contributed by atoms with Crippen molar-refractivity contribution in [3.05, 3.63) is 57.6 Å². The molecule has 0 bridgehead atoms. The summed E-state index contributed by atoms with van der Waals surface area (Å²) in [5.41, 5.74) is 1.65. The highest BCUT2D eigenvalue weighted by atomic mass is 35.5. The maximum absolute atomic E-state index is 12.2. The van der Waals surface area contributed by atoms with Gasteiger partial charge >= 0.3 is 6.03 Å². The lowest BCUT2D eigenvalue weighted by atomic mass is 10.1. The lowest BCUT2D eigenvalue weighted by molar-refractivity contribution is 0.249. The Balaban J connectivity index is 2.14. The minimum atomic E-state index is -3.61. The number of rotatable bonds is 5. The van der Waals surface area contributed by atoms with E-state index in [2.05, 4.69) is 15.4 Å². The van der Waals surface area contributed by atoms with E-state index in [9.17, 15) is 13.2 Å². The second kappa shape index (κ2) is 8.26. The van der Waals surface area contributed by atoms with E-state index in [4.69, 9.17) is 23.2 Å². The van der Waals surface area contributed by atoms with Crippen molar-refractivity contribution in [3.8, 4) is 0 Å². The normalized spacial score (nSPS) is 12.5. The van der Waals surface area contributed by atoms with Crippen molar-refractivity contribution in [2.24, 2.45) is 0 Å². The number of anilines is 1. The average Bonchev–Trinajstić information content (AvgIpc) is 2.56. The molecular weight excluding hydrogens is 397 g/mol. The number of sulfonamides is 1. The maximum Gasteiger partial charge on any atom is 0.319 e. The molecule has 3 N–H and O–H groups in total. The minimum absolute atomic E-state index is 0.103. The monoisotopic (exact) mass is 415 g/mol. The Hall–Kier alpha value is -1.80. The van der Waals surface area contributed by atoms with Crippen molar-refractivity contribution in [2.45, 2.75) is 24.8 Å². The summed E-state index contributed by atoms with van der Waals surface area (Å²) in [4.78, 5) is 12.3. The van der Waals surface area contributed by atoms with Gasteiger partial charge in [-0.15, -0.1) is 0 Å². The summed E-state index contributed by atoms with van der Waals surface area (Å²) in [6.07, 6.45) is 0. The fraction of sp³-hybridized carbons (Fsp3) is 0.235. The molecule has 2 amide bonds. The van der Waals surface area contributed by atoms with E-state index in [1.807, 2.05) is 0 Å². The van der Waals surface area contributed by atoms with E-state index >= 15 is 0 Å². The highest BCUT2D eigenvalue weighted by molar-refractivity contribution is 7.89. The topological polar surface area (TPSA) is 87.3 Å². The van der Waals surface area contributed by atoms with Crippen molar-refractivity contribution in [2.75, 3.05) is 12.4 Å². The van der Waals surface area contributed by atoms with Gasteiger partial charge in [0.15, 0.2) is 0 Å². The van der Waals surface area contributed by atoms with Gasteiger partial charge in [-0.3, -0.25) is 0 Å². The molecule has 0 aromatic heterocycles. The van der Waals surface area contributed by atoms with Gasteiger partial charge in [-0.2, -0.15) is 0 Å². The predicted molar refractivity (Wildman–Crippen MR) is 104 cm³/mol. The van der Waals surface area contributed by atoms with Gasteiger partial charge in [0.05, 0.1) is 10.9 Å². The van der Waals surface area contributed by atoms with Gasteiger partial charge in [0.1, 0.15) is 0 Å². The van der Waals surface area contributed by atoms with Crippen LogP contribution < -0.4 is 15.4 Å². The number of carbonyl (C=O) groups is 1. The van der Waals surface area contributed by atoms with Gasteiger partial charge in [0.2, 0.25) is 10.0 Å². The lowest BCUT2D eigenvalue weighted by Crippen LogP contribution is -2.31. The first-order valence-electron chi connectivity index (χ1n) is 7.70. The van der Waals surface area contributed by atoms with E-state index in [0.29, 0.717) is 26.9 Å². The van der Waals surface area contributed by atoms with E-state index in [1.54, 1.807) is 44.2 Å². The standard InChI is InChI=1S/C17H19Cl2N3O3S/c1-10-4-6-13(9-16(10)26(24,25)20-3)22-17(23)21-11(2)14-7-5-12(18)8-15(14)19/h4-9,11,20H,1-3H3,(H2,21,22,23). The van der Waals surface area contributed by atoms with E-state index in [0.717, 1.165) is 0 Å². The second-order valence-electron chi connectivity index (χ2n) is 5.67. The number of nitrogens with one attached hydrogen (secondary N) is 3. The van der Waals surface area contributed by atoms with Crippen LogP contribution in [0.25, 0.3) is 0 Å². The van der Waals surface area contributed by atoms with Crippen molar-refractivity contribution in [1.82, 2.24) is 10.0 Å². The summed E-state index contributed by atoms with van der Waals surface area (Å²) in [6, 6.07) is 8.82. The van der Waals surface area contributed by atoms with Crippen molar-refractivity contribution < 1.29 is 13.2 Å². The minimum Gasteiger partial charge on any atom is -0.331 e. The zero-order valence-electron chi connectivity index (χ0n) is 14.4. The smallest absolute Gasteiger partial charge is 0.319 e. The van der Waals surface area contributed by atoms with Crippen LogP contribution in [0.2, 0.25) is 10.0 Å². The van der Waals surface area contributed by atoms with E-state index in [1.165, 1.54) is 13.1 Å². The third-order valence-electron chi connectivity index (χ3n) is 3.78. The molecule has 0 saturated carbocycles. The molecule has 2 aromatic carbocycles.